The van der Waals surface area contributed by atoms with Crippen LogP contribution in [-0.4, -0.2) is 9.97 Å². The van der Waals surface area contributed by atoms with Gasteiger partial charge in [0, 0.05) is 11.4 Å². The van der Waals surface area contributed by atoms with Crippen molar-refractivity contribution in [1.29, 1.82) is 0 Å². The van der Waals surface area contributed by atoms with Crippen LogP contribution in [0.3, 0.4) is 0 Å². The van der Waals surface area contributed by atoms with E-state index in [9.17, 15) is 4.79 Å². The molecule has 0 saturated carbocycles. The zero-order valence-corrected chi connectivity index (χ0v) is 14.8. The summed E-state index contributed by atoms with van der Waals surface area (Å²) in [6, 6.07) is 18.1. The molecule has 0 aliphatic carbocycles. The Morgan fingerprint density at radius 2 is 1.81 bits per heavy atom. The molecule has 0 spiro atoms. The van der Waals surface area contributed by atoms with Crippen LogP contribution < -0.4 is 10.9 Å². The van der Waals surface area contributed by atoms with Crippen molar-refractivity contribution in [2.45, 2.75) is 26.4 Å². The lowest BCUT2D eigenvalue weighted by Crippen LogP contribution is -2.27. The molecule has 0 aliphatic rings. The Morgan fingerprint density at radius 1 is 1.08 bits per heavy atom. The molecule has 1 atom stereocenters. The van der Waals surface area contributed by atoms with Crippen LogP contribution in [0.25, 0.3) is 22.1 Å². The van der Waals surface area contributed by atoms with E-state index in [1.807, 2.05) is 42.5 Å². The van der Waals surface area contributed by atoms with Crippen molar-refractivity contribution in [2.24, 2.45) is 5.92 Å². The molecule has 0 radical (unpaired) electrons. The zero-order chi connectivity index (χ0) is 18.1. The minimum atomic E-state index is -0.246. The summed E-state index contributed by atoms with van der Waals surface area (Å²) in [7, 11) is 0. The van der Waals surface area contributed by atoms with Crippen molar-refractivity contribution in [3.63, 3.8) is 0 Å². The molecular weight excluding hydrogens is 326 g/mol. The van der Waals surface area contributed by atoms with E-state index in [1.165, 1.54) is 5.56 Å². The van der Waals surface area contributed by atoms with E-state index >= 15 is 0 Å². The molecule has 4 aromatic rings. The first-order valence-corrected chi connectivity index (χ1v) is 8.82. The second-order valence-electron chi connectivity index (χ2n) is 6.80. The molecule has 2 heterocycles. The molecule has 5 heteroatoms. The van der Waals surface area contributed by atoms with Crippen molar-refractivity contribution in [3.05, 3.63) is 76.3 Å². The first-order chi connectivity index (χ1) is 12.6. The van der Waals surface area contributed by atoms with Crippen molar-refractivity contribution < 1.29 is 4.42 Å². The normalized spacial score (nSPS) is 12.9. The lowest BCUT2D eigenvalue weighted by molar-refractivity contribution is 0.406. The van der Waals surface area contributed by atoms with Gasteiger partial charge in [-0.2, -0.15) is 0 Å². The molecule has 0 fully saturated rings. The quantitative estimate of drug-likeness (QED) is 0.569. The van der Waals surface area contributed by atoms with Crippen molar-refractivity contribution >= 4 is 22.1 Å². The molecule has 0 saturated heterocycles. The van der Waals surface area contributed by atoms with Crippen LogP contribution in [0.4, 0.5) is 0 Å². The number of H-pyrrole nitrogens is 1. The minimum absolute atomic E-state index is 0.179. The monoisotopic (exact) mass is 347 g/mol. The number of fused-ring (bicyclic) bond motifs is 3. The zero-order valence-electron chi connectivity index (χ0n) is 14.8. The maximum atomic E-state index is 12.4. The number of nitrogens with one attached hydrogen (secondary N) is 2. The van der Waals surface area contributed by atoms with Gasteiger partial charge in [-0.3, -0.25) is 4.79 Å². The second kappa shape index (κ2) is 6.77. The topological polar surface area (TPSA) is 70.9 Å². The molecule has 2 aromatic carbocycles. The SMILES string of the molecule is CC(C)[C@@H](NCc1nc2c(oc3ccccc32)c(=O)[nH]1)c1ccccc1. The summed E-state index contributed by atoms with van der Waals surface area (Å²) < 4.78 is 5.64. The van der Waals surface area contributed by atoms with E-state index in [1.54, 1.807) is 0 Å². The number of hydrogen-bond acceptors (Lipinski definition) is 4. The summed E-state index contributed by atoms with van der Waals surface area (Å²) in [5.74, 6) is 1.01. The average Bonchev–Trinajstić information content (AvgIpc) is 3.02. The van der Waals surface area contributed by atoms with E-state index in [2.05, 4.69) is 41.3 Å². The second-order valence-corrected chi connectivity index (χ2v) is 6.80. The van der Waals surface area contributed by atoms with E-state index in [0.717, 1.165) is 5.39 Å². The van der Waals surface area contributed by atoms with E-state index in [-0.39, 0.29) is 17.2 Å². The van der Waals surface area contributed by atoms with Gasteiger partial charge in [-0.05, 0) is 23.6 Å². The van der Waals surface area contributed by atoms with Crippen LogP contribution in [-0.2, 0) is 6.54 Å². The predicted molar refractivity (Wildman–Crippen MR) is 103 cm³/mol. The molecule has 0 bridgehead atoms. The van der Waals surface area contributed by atoms with E-state index < -0.39 is 0 Å². The summed E-state index contributed by atoms with van der Waals surface area (Å²) in [4.78, 5) is 19.9. The number of rotatable bonds is 5. The van der Waals surface area contributed by atoms with Crippen LogP contribution in [0.5, 0.6) is 0 Å². The van der Waals surface area contributed by atoms with Gasteiger partial charge in [0.15, 0.2) is 0 Å². The average molecular weight is 347 g/mol. The van der Waals surface area contributed by atoms with Crippen LogP contribution in [0, 0.1) is 5.92 Å². The number of furan rings is 1. The fourth-order valence-electron chi connectivity index (χ4n) is 3.34. The number of nitrogens with zero attached hydrogens (tertiary/aromatic N) is 1. The Morgan fingerprint density at radius 3 is 2.58 bits per heavy atom. The molecule has 2 N–H and O–H groups in total. The molecule has 0 aliphatic heterocycles. The first-order valence-electron chi connectivity index (χ1n) is 8.82. The van der Waals surface area contributed by atoms with Gasteiger partial charge in [0.2, 0.25) is 5.58 Å². The fourth-order valence-corrected chi connectivity index (χ4v) is 3.34. The van der Waals surface area contributed by atoms with Crippen molar-refractivity contribution in [2.75, 3.05) is 0 Å². The smallest absolute Gasteiger partial charge is 0.294 e. The molecule has 0 amide bonds. The highest BCUT2D eigenvalue weighted by Crippen LogP contribution is 2.25. The molecule has 2 aromatic heterocycles. The summed E-state index contributed by atoms with van der Waals surface area (Å²) >= 11 is 0. The number of benzene rings is 2. The Bertz CT molecular complexity index is 1100. The third kappa shape index (κ3) is 3.02. The summed E-state index contributed by atoms with van der Waals surface area (Å²) in [6.07, 6.45) is 0. The Labute approximate surface area is 151 Å². The number of hydrogen-bond donors (Lipinski definition) is 2. The predicted octanol–water partition coefficient (Wildman–Crippen LogP) is 4.16. The van der Waals surface area contributed by atoms with Crippen LogP contribution in [0.15, 0.2) is 63.8 Å². The maximum absolute atomic E-state index is 12.4. The Balaban J connectivity index is 1.66. The van der Waals surface area contributed by atoms with Gasteiger partial charge in [-0.1, -0.05) is 56.3 Å². The van der Waals surface area contributed by atoms with Gasteiger partial charge in [-0.15, -0.1) is 0 Å². The lowest BCUT2D eigenvalue weighted by Gasteiger charge is -2.22. The number of aromatic amines is 1. The maximum Gasteiger partial charge on any atom is 0.294 e. The molecule has 0 unspecified atom stereocenters. The van der Waals surface area contributed by atoms with Crippen LogP contribution in [0.2, 0.25) is 0 Å². The van der Waals surface area contributed by atoms with Crippen LogP contribution >= 0.6 is 0 Å². The van der Waals surface area contributed by atoms with Gasteiger partial charge in [-0.25, -0.2) is 4.98 Å². The molecule has 26 heavy (non-hydrogen) atoms. The minimum Gasteiger partial charge on any atom is -0.449 e. The summed E-state index contributed by atoms with van der Waals surface area (Å²) in [5.41, 5.74) is 2.54. The standard InChI is InChI=1S/C21H21N3O2/c1-13(2)18(14-8-4-3-5-9-14)22-12-17-23-19-15-10-6-7-11-16(15)26-20(19)21(25)24-17/h3-11,13,18,22H,12H2,1-2H3,(H,23,24,25)/t18-/m1/s1. The first kappa shape index (κ1) is 16.5. The largest absolute Gasteiger partial charge is 0.449 e. The lowest BCUT2D eigenvalue weighted by atomic mass is 9.96. The van der Waals surface area contributed by atoms with E-state index in [4.69, 9.17) is 4.42 Å². The fraction of sp³-hybridized carbons (Fsp3) is 0.238. The van der Waals surface area contributed by atoms with Gasteiger partial charge in [0.1, 0.15) is 16.9 Å². The van der Waals surface area contributed by atoms with Crippen molar-refractivity contribution in [1.82, 2.24) is 15.3 Å². The molecule has 5 nitrogen and oxygen atoms in total. The van der Waals surface area contributed by atoms with Gasteiger partial charge in [0.05, 0.1) is 6.54 Å². The molecular formula is C21H21N3O2. The highest BCUT2D eigenvalue weighted by Gasteiger charge is 2.17. The number of aromatic nitrogens is 2. The third-order valence-corrected chi connectivity index (χ3v) is 4.59. The Hall–Kier alpha value is -2.92. The van der Waals surface area contributed by atoms with E-state index in [0.29, 0.717) is 29.4 Å². The number of para-hydroxylation sites is 1. The summed E-state index contributed by atoms with van der Waals surface area (Å²) in [5, 5.41) is 4.38. The summed E-state index contributed by atoms with van der Waals surface area (Å²) in [6.45, 7) is 4.82. The van der Waals surface area contributed by atoms with Gasteiger partial charge >= 0.3 is 0 Å². The van der Waals surface area contributed by atoms with Crippen LogP contribution in [0.1, 0.15) is 31.3 Å². The van der Waals surface area contributed by atoms with Crippen molar-refractivity contribution in [3.8, 4) is 0 Å². The van der Waals surface area contributed by atoms with Gasteiger partial charge in [0.25, 0.3) is 5.56 Å². The highest BCUT2D eigenvalue weighted by atomic mass is 16.3. The van der Waals surface area contributed by atoms with Gasteiger partial charge < -0.3 is 14.7 Å². The molecule has 4 rings (SSSR count). The highest BCUT2D eigenvalue weighted by molar-refractivity contribution is 6.01. The third-order valence-electron chi connectivity index (χ3n) is 4.59. The molecule has 132 valence electrons. The Kier molecular flexibility index (Phi) is 4.31.